The molecule has 0 atom stereocenters. The van der Waals surface area contributed by atoms with Crippen LogP contribution in [-0.4, -0.2) is 37.0 Å². The summed E-state index contributed by atoms with van der Waals surface area (Å²) < 4.78 is 13.0. The number of carbonyl (C=O) groups excluding carboxylic acids is 1. The van der Waals surface area contributed by atoms with Gasteiger partial charge in [0.1, 0.15) is 11.5 Å². The Morgan fingerprint density at radius 3 is 2.32 bits per heavy atom. The number of piperazine rings is 1. The van der Waals surface area contributed by atoms with Gasteiger partial charge < -0.3 is 4.90 Å². The lowest BCUT2D eigenvalue weighted by atomic mass is 10.1. The highest BCUT2D eigenvalue weighted by atomic mass is 19.1. The standard InChI is InChI=1S/C18H19FN2O/c1-14-4-2-3-5-17(14)18(22)21-12-10-20(11-13-21)16-8-6-15(19)7-9-16/h2-9H,10-13H2,1H3/p+1. The zero-order valence-electron chi connectivity index (χ0n) is 12.7. The molecule has 2 aromatic rings. The van der Waals surface area contributed by atoms with Gasteiger partial charge in [-0.15, -0.1) is 0 Å². The second kappa shape index (κ2) is 6.28. The number of hydrogen-bond acceptors (Lipinski definition) is 1. The van der Waals surface area contributed by atoms with Crippen molar-refractivity contribution in [3.05, 3.63) is 65.5 Å². The monoisotopic (exact) mass is 299 g/mol. The first kappa shape index (κ1) is 14.7. The van der Waals surface area contributed by atoms with Gasteiger partial charge in [0.05, 0.1) is 26.2 Å². The fraction of sp³-hybridized carbons (Fsp3) is 0.278. The Kier molecular flexibility index (Phi) is 4.20. The van der Waals surface area contributed by atoms with E-state index in [1.165, 1.54) is 17.0 Å². The van der Waals surface area contributed by atoms with Crippen molar-refractivity contribution in [1.82, 2.24) is 4.90 Å². The number of nitrogens with one attached hydrogen (secondary N) is 1. The quantitative estimate of drug-likeness (QED) is 0.899. The molecule has 0 aliphatic carbocycles. The molecule has 0 aromatic heterocycles. The summed E-state index contributed by atoms with van der Waals surface area (Å²) in [7, 11) is 0. The van der Waals surface area contributed by atoms with Crippen LogP contribution in [0.25, 0.3) is 0 Å². The average Bonchev–Trinajstić information content (AvgIpc) is 2.56. The molecule has 114 valence electrons. The molecule has 3 nitrogen and oxygen atoms in total. The van der Waals surface area contributed by atoms with Crippen LogP contribution in [0.4, 0.5) is 10.1 Å². The topological polar surface area (TPSA) is 24.8 Å². The highest BCUT2D eigenvalue weighted by molar-refractivity contribution is 5.95. The van der Waals surface area contributed by atoms with Crippen LogP contribution in [0.15, 0.2) is 48.5 Å². The molecule has 1 aliphatic heterocycles. The minimum Gasteiger partial charge on any atom is -0.327 e. The lowest BCUT2D eigenvalue weighted by Gasteiger charge is -2.32. The Morgan fingerprint density at radius 2 is 1.68 bits per heavy atom. The van der Waals surface area contributed by atoms with Crippen molar-refractivity contribution < 1.29 is 14.1 Å². The maximum Gasteiger partial charge on any atom is 0.254 e. The maximum absolute atomic E-state index is 13.0. The highest BCUT2D eigenvalue weighted by Gasteiger charge is 2.26. The Labute approximate surface area is 130 Å². The van der Waals surface area contributed by atoms with Crippen molar-refractivity contribution >= 4 is 11.6 Å². The van der Waals surface area contributed by atoms with Crippen LogP contribution < -0.4 is 4.90 Å². The molecule has 0 bridgehead atoms. The minimum atomic E-state index is -0.212. The Morgan fingerprint density at radius 1 is 1.05 bits per heavy atom. The van der Waals surface area contributed by atoms with Crippen molar-refractivity contribution in [2.45, 2.75) is 6.92 Å². The zero-order valence-corrected chi connectivity index (χ0v) is 12.7. The van der Waals surface area contributed by atoms with Crippen LogP contribution in [0.1, 0.15) is 15.9 Å². The molecule has 0 unspecified atom stereocenters. The smallest absolute Gasteiger partial charge is 0.254 e. The first-order chi connectivity index (χ1) is 10.6. The Bertz CT molecular complexity index is 661. The number of benzene rings is 2. The molecule has 1 aliphatic rings. The maximum atomic E-state index is 13.0. The van der Waals surface area contributed by atoms with Crippen LogP contribution in [0.3, 0.4) is 0 Å². The van der Waals surface area contributed by atoms with Gasteiger partial charge in [0.25, 0.3) is 5.91 Å². The van der Waals surface area contributed by atoms with E-state index in [0.29, 0.717) is 0 Å². The number of hydrogen-bond donors (Lipinski definition) is 1. The van der Waals surface area contributed by atoms with E-state index in [9.17, 15) is 9.18 Å². The van der Waals surface area contributed by atoms with Gasteiger partial charge in [-0.3, -0.25) is 9.69 Å². The predicted octanol–water partition coefficient (Wildman–Crippen LogP) is 1.81. The Balaban J connectivity index is 1.65. The fourth-order valence-electron chi connectivity index (χ4n) is 2.94. The summed E-state index contributed by atoms with van der Waals surface area (Å²) in [4.78, 5) is 15.8. The van der Waals surface area contributed by atoms with Gasteiger partial charge in [0.2, 0.25) is 0 Å². The van der Waals surface area contributed by atoms with Crippen LogP contribution in [0.5, 0.6) is 0 Å². The van der Waals surface area contributed by atoms with Crippen LogP contribution >= 0.6 is 0 Å². The van der Waals surface area contributed by atoms with Crippen LogP contribution in [0.2, 0.25) is 0 Å². The lowest BCUT2D eigenvalue weighted by molar-refractivity contribution is -0.837. The molecular formula is C18H20FN2O+. The van der Waals surface area contributed by atoms with Crippen molar-refractivity contribution in [1.29, 1.82) is 0 Å². The summed E-state index contributed by atoms with van der Waals surface area (Å²) in [6.45, 7) is 5.11. The van der Waals surface area contributed by atoms with E-state index < -0.39 is 0 Å². The molecule has 1 amide bonds. The summed E-state index contributed by atoms with van der Waals surface area (Å²) in [5.41, 5.74) is 2.89. The lowest BCUT2D eigenvalue weighted by Crippen LogP contribution is -3.10. The van der Waals surface area contributed by atoms with Gasteiger partial charge in [0, 0.05) is 17.7 Å². The zero-order chi connectivity index (χ0) is 15.5. The first-order valence-electron chi connectivity index (χ1n) is 7.60. The minimum absolute atomic E-state index is 0.108. The van der Waals surface area contributed by atoms with E-state index in [2.05, 4.69) is 0 Å². The number of halogens is 1. The second-order valence-electron chi connectivity index (χ2n) is 5.72. The third kappa shape index (κ3) is 3.02. The van der Waals surface area contributed by atoms with E-state index in [-0.39, 0.29) is 11.7 Å². The second-order valence-corrected chi connectivity index (χ2v) is 5.72. The van der Waals surface area contributed by atoms with Crippen LogP contribution in [-0.2, 0) is 0 Å². The van der Waals surface area contributed by atoms with Gasteiger partial charge >= 0.3 is 0 Å². The first-order valence-corrected chi connectivity index (χ1v) is 7.60. The van der Waals surface area contributed by atoms with Gasteiger partial charge in [0.15, 0.2) is 0 Å². The van der Waals surface area contributed by atoms with E-state index in [1.807, 2.05) is 48.2 Å². The van der Waals surface area contributed by atoms with E-state index in [1.54, 1.807) is 0 Å². The summed E-state index contributed by atoms with van der Waals surface area (Å²) in [6.07, 6.45) is 0. The number of rotatable bonds is 2. The van der Waals surface area contributed by atoms with Gasteiger partial charge in [-0.2, -0.15) is 0 Å². The SMILES string of the molecule is Cc1ccccc1C(=O)N1CC[NH+](c2ccc(F)cc2)CC1. The van der Waals surface area contributed by atoms with Crippen molar-refractivity contribution in [3.8, 4) is 0 Å². The highest BCUT2D eigenvalue weighted by Crippen LogP contribution is 2.11. The predicted molar refractivity (Wildman–Crippen MR) is 83.8 cm³/mol. The van der Waals surface area contributed by atoms with Gasteiger partial charge in [-0.25, -0.2) is 4.39 Å². The fourth-order valence-corrected chi connectivity index (χ4v) is 2.94. The molecule has 4 heteroatoms. The summed E-state index contributed by atoms with van der Waals surface area (Å²) in [5, 5.41) is 0. The molecule has 0 spiro atoms. The Hall–Kier alpha value is -2.20. The molecule has 0 saturated carbocycles. The third-order valence-electron chi connectivity index (χ3n) is 4.28. The number of amides is 1. The molecule has 2 aromatic carbocycles. The van der Waals surface area contributed by atoms with Crippen molar-refractivity contribution in [3.63, 3.8) is 0 Å². The molecule has 1 heterocycles. The summed E-state index contributed by atoms with van der Waals surface area (Å²) in [6, 6.07) is 14.3. The van der Waals surface area contributed by atoms with Gasteiger partial charge in [-0.05, 0) is 30.7 Å². The molecule has 1 saturated heterocycles. The van der Waals surface area contributed by atoms with Crippen molar-refractivity contribution in [2.75, 3.05) is 26.2 Å². The summed E-state index contributed by atoms with van der Waals surface area (Å²) in [5.74, 6) is -0.104. The molecule has 3 rings (SSSR count). The normalized spacial score (nSPS) is 15.8. The number of quaternary nitrogens is 1. The average molecular weight is 299 g/mol. The third-order valence-corrected chi connectivity index (χ3v) is 4.28. The van der Waals surface area contributed by atoms with E-state index in [4.69, 9.17) is 0 Å². The molecule has 1 fully saturated rings. The van der Waals surface area contributed by atoms with Gasteiger partial charge in [-0.1, -0.05) is 18.2 Å². The van der Waals surface area contributed by atoms with E-state index >= 15 is 0 Å². The molecular weight excluding hydrogens is 279 g/mol. The largest absolute Gasteiger partial charge is 0.327 e. The number of carbonyl (C=O) groups is 1. The molecule has 0 radical (unpaired) electrons. The number of aryl methyl sites for hydroxylation is 1. The summed E-state index contributed by atoms with van der Waals surface area (Å²) >= 11 is 0. The van der Waals surface area contributed by atoms with Crippen molar-refractivity contribution in [2.24, 2.45) is 0 Å². The van der Waals surface area contributed by atoms with E-state index in [0.717, 1.165) is 43.0 Å². The molecule has 1 N–H and O–H groups in total. The van der Waals surface area contributed by atoms with Crippen LogP contribution in [0, 0.1) is 12.7 Å². The number of nitrogens with zero attached hydrogens (tertiary/aromatic N) is 1. The molecule has 22 heavy (non-hydrogen) atoms.